The van der Waals surface area contributed by atoms with Crippen LogP contribution in [0, 0.1) is 13.8 Å². The molecular weight excluding hydrogens is 308 g/mol. The fourth-order valence-electron chi connectivity index (χ4n) is 2.60. The summed E-state index contributed by atoms with van der Waals surface area (Å²) in [5.41, 5.74) is 3.67. The zero-order valence-electron chi connectivity index (χ0n) is 14.2. The molecule has 1 heterocycles. The molecule has 1 aromatic heterocycles. The van der Waals surface area contributed by atoms with Gasteiger partial charge in [-0.15, -0.1) is 0 Å². The fraction of sp³-hybridized carbons (Fsp3) is 0.444. The standard InChI is InChI=1S/C18H24N2O2S/c1-13-7-5-8-16(14(13)2)15(3)17-19-9-10-20(17)18(21)22-11-6-12-23-4/h5,7-10,15H,6,11-12H2,1-4H3/t15-/m0/s1. The minimum atomic E-state index is -0.351. The topological polar surface area (TPSA) is 44.1 Å². The van der Waals surface area contributed by atoms with Crippen molar-refractivity contribution in [1.82, 2.24) is 9.55 Å². The zero-order valence-corrected chi connectivity index (χ0v) is 15.0. The molecule has 0 aliphatic heterocycles. The van der Waals surface area contributed by atoms with Gasteiger partial charge < -0.3 is 4.74 Å². The highest BCUT2D eigenvalue weighted by Crippen LogP contribution is 2.27. The van der Waals surface area contributed by atoms with Crippen molar-refractivity contribution >= 4 is 17.9 Å². The van der Waals surface area contributed by atoms with Crippen molar-refractivity contribution < 1.29 is 9.53 Å². The summed E-state index contributed by atoms with van der Waals surface area (Å²) in [5, 5.41) is 0. The van der Waals surface area contributed by atoms with Crippen LogP contribution >= 0.6 is 11.8 Å². The lowest BCUT2D eigenvalue weighted by atomic mass is 9.93. The summed E-state index contributed by atoms with van der Waals surface area (Å²) in [6.07, 6.45) is 5.88. The molecule has 0 bridgehead atoms. The van der Waals surface area contributed by atoms with Gasteiger partial charge in [-0.2, -0.15) is 11.8 Å². The van der Waals surface area contributed by atoms with Crippen LogP contribution in [0.3, 0.4) is 0 Å². The molecule has 0 saturated heterocycles. The Labute approximate surface area is 142 Å². The Kier molecular flexibility index (Phi) is 6.28. The summed E-state index contributed by atoms with van der Waals surface area (Å²) in [5.74, 6) is 1.74. The number of carbonyl (C=O) groups excluding carboxylic acids is 1. The van der Waals surface area contributed by atoms with Gasteiger partial charge in [0.25, 0.3) is 0 Å². The van der Waals surface area contributed by atoms with E-state index in [2.05, 4.69) is 37.9 Å². The number of aryl methyl sites for hydroxylation is 1. The SMILES string of the molecule is CSCCCOC(=O)n1ccnc1[C@@H](C)c1cccc(C)c1C. The molecule has 0 aliphatic rings. The van der Waals surface area contributed by atoms with Gasteiger partial charge in [0.1, 0.15) is 5.82 Å². The molecule has 124 valence electrons. The number of ether oxygens (including phenoxy) is 1. The van der Waals surface area contributed by atoms with E-state index in [0.29, 0.717) is 12.4 Å². The lowest BCUT2D eigenvalue weighted by Gasteiger charge is -2.17. The summed E-state index contributed by atoms with van der Waals surface area (Å²) >= 11 is 1.75. The molecule has 23 heavy (non-hydrogen) atoms. The maximum absolute atomic E-state index is 12.3. The third kappa shape index (κ3) is 4.16. The predicted octanol–water partition coefficient (Wildman–Crippen LogP) is 4.39. The van der Waals surface area contributed by atoms with Gasteiger partial charge in [0.2, 0.25) is 0 Å². The molecule has 1 atom stereocenters. The van der Waals surface area contributed by atoms with Crippen LogP contribution in [0.4, 0.5) is 4.79 Å². The molecule has 5 heteroatoms. The van der Waals surface area contributed by atoms with E-state index >= 15 is 0 Å². The molecule has 2 aromatic rings. The zero-order chi connectivity index (χ0) is 16.8. The molecule has 0 saturated carbocycles. The number of thioether (sulfide) groups is 1. The van der Waals surface area contributed by atoms with Gasteiger partial charge in [-0.1, -0.05) is 25.1 Å². The first-order valence-corrected chi connectivity index (χ1v) is 9.21. The Morgan fingerprint density at radius 2 is 2.17 bits per heavy atom. The summed E-state index contributed by atoms with van der Waals surface area (Å²) in [4.78, 5) is 16.7. The average Bonchev–Trinajstić information content (AvgIpc) is 3.03. The number of rotatable bonds is 6. The Bertz CT molecular complexity index is 667. The maximum atomic E-state index is 12.3. The molecule has 4 nitrogen and oxygen atoms in total. The Hall–Kier alpha value is -1.75. The van der Waals surface area contributed by atoms with Crippen LogP contribution < -0.4 is 0 Å². The monoisotopic (exact) mass is 332 g/mol. The van der Waals surface area contributed by atoms with Crippen molar-refractivity contribution in [2.45, 2.75) is 33.1 Å². The number of carbonyl (C=O) groups is 1. The van der Waals surface area contributed by atoms with E-state index in [0.717, 1.165) is 12.2 Å². The number of benzene rings is 1. The minimum Gasteiger partial charge on any atom is -0.449 e. The maximum Gasteiger partial charge on any atom is 0.419 e. The molecule has 0 spiro atoms. The number of nitrogens with zero attached hydrogens (tertiary/aromatic N) is 2. The van der Waals surface area contributed by atoms with E-state index in [1.54, 1.807) is 24.2 Å². The van der Waals surface area contributed by atoms with E-state index in [4.69, 9.17) is 4.74 Å². The molecular formula is C18H24N2O2S. The number of aromatic nitrogens is 2. The predicted molar refractivity (Wildman–Crippen MR) is 95.4 cm³/mol. The molecule has 1 aromatic carbocycles. The summed E-state index contributed by atoms with van der Waals surface area (Å²) in [6.45, 7) is 6.71. The van der Waals surface area contributed by atoms with E-state index < -0.39 is 0 Å². The fourth-order valence-corrected chi connectivity index (χ4v) is 3.01. The molecule has 0 unspecified atom stereocenters. The number of imidazole rings is 1. The van der Waals surface area contributed by atoms with Gasteiger partial charge in [-0.25, -0.2) is 14.3 Å². The van der Waals surface area contributed by atoms with E-state index in [1.807, 2.05) is 12.3 Å². The second-order valence-electron chi connectivity index (χ2n) is 5.63. The highest BCUT2D eigenvalue weighted by molar-refractivity contribution is 7.98. The minimum absolute atomic E-state index is 0.0312. The molecule has 0 N–H and O–H groups in total. The Morgan fingerprint density at radius 3 is 2.91 bits per heavy atom. The van der Waals surface area contributed by atoms with Crippen molar-refractivity contribution in [3.05, 3.63) is 53.1 Å². The van der Waals surface area contributed by atoms with Crippen molar-refractivity contribution in [1.29, 1.82) is 0 Å². The van der Waals surface area contributed by atoms with E-state index in [-0.39, 0.29) is 12.0 Å². The highest BCUT2D eigenvalue weighted by atomic mass is 32.2. The molecule has 2 rings (SSSR count). The van der Waals surface area contributed by atoms with Crippen LogP contribution in [0.25, 0.3) is 0 Å². The van der Waals surface area contributed by atoms with Crippen molar-refractivity contribution in [2.75, 3.05) is 18.6 Å². The molecule has 0 amide bonds. The normalized spacial score (nSPS) is 12.2. The molecule has 0 aliphatic carbocycles. The lowest BCUT2D eigenvalue weighted by molar-refractivity contribution is 0.147. The first kappa shape index (κ1) is 17.6. The van der Waals surface area contributed by atoms with Gasteiger partial charge >= 0.3 is 6.09 Å². The number of hydrogen-bond donors (Lipinski definition) is 0. The van der Waals surface area contributed by atoms with Gasteiger partial charge in [0, 0.05) is 18.3 Å². The smallest absolute Gasteiger partial charge is 0.419 e. The van der Waals surface area contributed by atoms with Crippen LogP contribution in [0.2, 0.25) is 0 Å². The van der Waals surface area contributed by atoms with Crippen molar-refractivity contribution in [3.8, 4) is 0 Å². The summed E-state index contributed by atoms with van der Waals surface area (Å²) in [7, 11) is 0. The van der Waals surface area contributed by atoms with Gasteiger partial charge in [0.05, 0.1) is 6.61 Å². The Morgan fingerprint density at radius 1 is 1.39 bits per heavy atom. The second kappa shape index (κ2) is 8.20. The lowest BCUT2D eigenvalue weighted by Crippen LogP contribution is -2.19. The largest absolute Gasteiger partial charge is 0.449 e. The Balaban J connectivity index is 2.16. The van der Waals surface area contributed by atoms with E-state index in [1.165, 1.54) is 21.3 Å². The first-order chi connectivity index (χ1) is 11.1. The quantitative estimate of drug-likeness (QED) is 0.736. The van der Waals surface area contributed by atoms with Gasteiger partial charge in [-0.3, -0.25) is 0 Å². The third-order valence-electron chi connectivity index (χ3n) is 4.08. The summed E-state index contributed by atoms with van der Waals surface area (Å²) in [6, 6.07) is 6.23. The van der Waals surface area contributed by atoms with Crippen LogP contribution in [0.1, 0.15) is 41.8 Å². The van der Waals surface area contributed by atoms with Crippen LogP contribution in [0.15, 0.2) is 30.6 Å². The second-order valence-corrected chi connectivity index (χ2v) is 6.61. The van der Waals surface area contributed by atoms with Crippen molar-refractivity contribution in [2.24, 2.45) is 0 Å². The third-order valence-corrected chi connectivity index (χ3v) is 4.78. The van der Waals surface area contributed by atoms with Crippen LogP contribution in [0.5, 0.6) is 0 Å². The van der Waals surface area contributed by atoms with Gasteiger partial charge in [0.15, 0.2) is 0 Å². The van der Waals surface area contributed by atoms with Crippen LogP contribution in [-0.4, -0.2) is 34.3 Å². The highest BCUT2D eigenvalue weighted by Gasteiger charge is 2.20. The average molecular weight is 332 g/mol. The molecule has 0 fully saturated rings. The van der Waals surface area contributed by atoms with E-state index in [9.17, 15) is 4.79 Å². The van der Waals surface area contributed by atoms with Gasteiger partial charge in [-0.05, 0) is 49.0 Å². The summed E-state index contributed by atoms with van der Waals surface area (Å²) < 4.78 is 6.86. The first-order valence-electron chi connectivity index (χ1n) is 7.81. The van der Waals surface area contributed by atoms with Crippen LogP contribution in [-0.2, 0) is 4.74 Å². The molecule has 0 radical (unpaired) electrons. The number of hydrogen-bond acceptors (Lipinski definition) is 4. The van der Waals surface area contributed by atoms with Crippen molar-refractivity contribution in [3.63, 3.8) is 0 Å².